The molecule has 1 aliphatic heterocycles. The molecule has 1 heterocycles. The summed E-state index contributed by atoms with van der Waals surface area (Å²) in [6, 6.07) is 15.9. The van der Waals surface area contributed by atoms with Gasteiger partial charge in [0.1, 0.15) is 12.4 Å². The maximum absolute atomic E-state index is 12.5. The first-order valence-corrected chi connectivity index (χ1v) is 8.51. The standard InChI is InChI=1S/C20H24N2O2/c1-15-7-8-18(22-20(23)17-9-11-21-12-10-17)19(13-15)24-14-16-5-3-2-4-6-16/h2-8,13,17,21H,9-12,14H2,1H3,(H,22,23). The number of rotatable bonds is 5. The van der Waals surface area contributed by atoms with E-state index in [0.29, 0.717) is 6.61 Å². The number of benzene rings is 2. The van der Waals surface area contributed by atoms with Gasteiger partial charge in [0.15, 0.2) is 0 Å². The Kier molecular flexibility index (Phi) is 5.49. The van der Waals surface area contributed by atoms with Gasteiger partial charge in [0.05, 0.1) is 5.69 Å². The van der Waals surface area contributed by atoms with Crippen LogP contribution in [0.2, 0.25) is 0 Å². The molecule has 1 aliphatic rings. The van der Waals surface area contributed by atoms with E-state index in [2.05, 4.69) is 10.6 Å². The van der Waals surface area contributed by atoms with Gasteiger partial charge in [-0.15, -0.1) is 0 Å². The number of aryl methyl sites for hydroxylation is 1. The lowest BCUT2D eigenvalue weighted by Crippen LogP contribution is -2.34. The molecule has 4 heteroatoms. The van der Waals surface area contributed by atoms with E-state index in [9.17, 15) is 4.79 Å². The zero-order chi connectivity index (χ0) is 16.8. The summed E-state index contributed by atoms with van der Waals surface area (Å²) in [6.45, 7) is 4.32. The molecule has 0 aromatic heterocycles. The summed E-state index contributed by atoms with van der Waals surface area (Å²) in [4.78, 5) is 12.5. The van der Waals surface area contributed by atoms with Crippen molar-refractivity contribution in [2.75, 3.05) is 18.4 Å². The Labute approximate surface area is 143 Å². The molecule has 0 spiro atoms. The SMILES string of the molecule is Cc1ccc(NC(=O)C2CCNCC2)c(OCc2ccccc2)c1. The molecule has 0 bridgehead atoms. The second-order valence-electron chi connectivity index (χ2n) is 6.29. The van der Waals surface area contributed by atoms with E-state index in [1.807, 2.05) is 55.5 Å². The van der Waals surface area contributed by atoms with Gasteiger partial charge in [-0.3, -0.25) is 4.79 Å². The monoisotopic (exact) mass is 324 g/mol. The predicted molar refractivity (Wildman–Crippen MR) is 96.2 cm³/mol. The fraction of sp³-hybridized carbons (Fsp3) is 0.350. The molecule has 1 saturated heterocycles. The minimum absolute atomic E-state index is 0.0783. The molecule has 0 saturated carbocycles. The Morgan fingerprint density at radius 3 is 2.67 bits per heavy atom. The van der Waals surface area contributed by atoms with E-state index in [4.69, 9.17) is 4.74 Å². The molecule has 2 aromatic carbocycles. The highest BCUT2D eigenvalue weighted by Gasteiger charge is 2.21. The third-order valence-corrected chi connectivity index (χ3v) is 4.34. The first-order chi connectivity index (χ1) is 11.7. The van der Waals surface area contributed by atoms with Gasteiger partial charge in [-0.25, -0.2) is 0 Å². The van der Waals surface area contributed by atoms with Gasteiger partial charge in [-0.2, -0.15) is 0 Å². The van der Waals surface area contributed by atoms with E-state index in [-0.39, 0.29) is 11.8 Å². The molecule has 4 nitrogen and oxygen atoms in total. The molecular formula is C20H24N2O2. The number of amides is 1. The van der Waals surface area contributed by atoms with Crippen LogP contribution < -0.4 is 15.4 Å². The minimum Gasteiger partial charge on any atom is -0.487 e. The normalized spacial score (nSPS) is 15.0. The summed E-state index contributed by atoms with van der Waals surface area (Å²) >= 11 is 0. The van der Waals surface area contributed by atoms with Crippen molar-refractivity contribution in [1.82, 2.24) is 5.32 Å². The summed E-state index contributed by atoms with van der Waals surface area (Å²) in [7, 11) is 0. The summed E-state index contributed by atoms with van der Waals surface area (Å²) in [5, 5.41) is 6.34. The smallest absolute Gasteiger partial charge is 0.227 e. The van der Waals surface area contributed by atoms with E-state index in [1.165, 1.54) is 0 Å². The topological polar surface area (TPSA) is 50.4 Å². The number of ether oxygens (including phenoxy) is 1. The molecule has 0 unspecified atom stereocenters. The summed E-state index contributed by atoms with van der Waals surface area (Å²) in [5.41, 5.74) is 2.97. The highest BCUT2D eigenvalue weighted by atomic mass is 16.5. The van der Waals surface area contributed by atoms with Crippen LogP contribution in [0.3, 0.4) is 0 Å². The van der Waals surface area contributed by atoms with Gasteiger partial charge in [0.25, 0.3) is 0 Å². The Bertz CT molecular complexity index is 679. The minimum atomic E-state index is 0.0783. The van der Waals surface area contributed by atoms with Crippen LogP contribution in [0, 0.1) is 12.8 Å². The van der Waals surface area contributed by atoms with Crippen molar-refractivity contribution in [1.29, 1.82) is 0 Å². The Balaban J connectivity index is 1.69. The van der Waals surface area contributed by atoms with Crippen LogP contribution in [0.25, 0.3) is 0 Å². The number of piperidine rings is 1. The second-order valence-corrected chi connectivity index (χ2v) is 6.29. The van der Waals surface area contributed by atoms with Gasteiger partial charge in [-0.1, -0.05) is 36.4 Å². The molecule has 1 amide bonds. The van der Waals surface area contributed by atoms with Crippen LogP contribution in [0.15, 0.2) is 48.5 Å². The molecular weight excluding hydrogens is 300 g/mol. The maximum atomic E-state index is 12.5. The number of hydrogen-bond donors (Lipinski definition) is 2. The van der Waals surface area contributed by atoms with Crippen molar-refractivity contribution < 1.29 is 9.53 Å². The van der Waals surface area contributed by atoms with E-state index in [1.54, 1.807) is 0 Å². The number of carbonyl (C=O) groups is 1. The van der Waals surface area contributed by atoms with E-state index in [0.717, 1.165) is 48.5 Å². The molecule has 0 atom stereocenters. The molecule has 0 radical (unpaired) electrons. The third kappa shape index (κ3) is 4.36. The highest BCUT2D eigenvalue weighted by Crippen LogP contribution is 2.28. The zero-order valence-corrected chi connectivity index (χ0v) is 14.0. The second kappa shape index (κ2) is 7.97. The first-order valence-electron chi connectivity index (χ1n) is 8.51. The molecule has 2 N–H and O–H groups in total. The quantitative estimate of drug-likeness (QED) is 0.885. The number of carbonyl (C=O) groups excluding carboxylic acids is 1. The van der Waals surface area contributed by atoms with Crippen LogP contribution >= 0.6 is 0 Å². The fourth-order valence-corrected chi connectivity index (χ4v) is 2.91. The van der Waals surface area contributed by atoms with Gasteiger partial charge >= 0.3 is 0 Å². The van der Waals surface area contributed by atoms with E-state index >= 15 is 0 Å². The summed E-state index contributed by atoms with van der Waals surface area (Å²) < 4.78 is 5.97. The lowest BCUT2D eigenvalue weighted by Gasteiger charge is -2.22. The molecule has 1 fully saturated rings. The summed E-state index contributed by atoms with van der Waals surface area (Å²) in [6.07, 6.45) is 1.77. The van der Waals surface area contributed by atoms with Crippen molar-refractivity contribution >= 4 is 11.6 Å². The Morgan fingerprint density at radius 1 is 1.17 bits per heavy atom. The average molecular weight is 324 g/mol. The molecule has 3 rings (SSSR count). The number of nitrogens with one attached hydrogen (secondary N) is 2. The lowest BCUT2D eigenvalue weighted by molar-refractivity contribution is -0.120. The fourth-order valence-electron chi connectivity index (χ4n) is 2.91. The van der Waals surface area contributed by atoms with Crippen molar-refractivity contribution in [3.05, 3.63) is 59.7 Å². The zero-order valence-electron chi connectivity index (χ0n) is 14.0. The molecule has 126 valence electrons. The van der Waals surface area contributed by atoms with Gasteiger partial charge in [0, 0.05) is 5.92 Å². The van der Waals surface area contributed by atoms with Crippen molar-refractivity contribution in [2.24, 2.45) is 5.92 Å². The number of anilines is 1. The van der Waals surface area contributed by atoms with Crippen LogP contribution in [0.4, 0.5) is 5.69 Å². The Hall–Kier alpha value is -2.33. The van der Waals surface area contributed by atoms with Gasteiger partial charge < -0.3 is 15.4 Å². The highest BCUT2D eigenvalue weighted by molar-refractivity contribution is 5.94. The lowest BCUT2D eigenvalue weighted by atomic mass is 9.97. The average Bonchev–Trinajstić information content (AvgIpc) is 2.63. The van der Waals surface area contributed by atoms with Gasteiger partial charge in [0.2, 0.25) is 5.91 Å². The predicted octanol–water partition coefficient (Wildman–Crippen LogP) is 3.51. The van der Waals surface area contributed by atoms with Crippen LogP contribution in [0.5, 0.6) is 5.75 Å². The Morgan fingerprint density at radius 2 is 1.92 bits per heavy atom. The number of hydrogen-bond acceptors (Lipinski definition) is 3. The van der Waals surface area contributed by atoms with Gasteiger partial charge in [-0.05, 0) is 56.1 Å². The maximum Gasteiger partial charge on any atom is 0.227 e. The molecule has 2 aromatic rings. The summed E-state index contributed by atoms with van der Waals surface area (Å²) in [5.74, 6) is 0.889. The molecule has 24 heavy (non-hydrogen) atoms. The van der Waals surface area contributed by atoms with Crippen LogP contribution in [-0.4, -0.2) is 19.0 Å². The molecule has 0 aliphatic carbocycles. The van der Waals surface area contributed by atoms with Crippen LogP contribution in [-0.2, 0) is 11.4 Å². The van der Waals surface area contributed by atoms with Crippen molar-refractivity contribution in [2.45, 2.75) is 26.4 Å². The largest absolute Gasteiger partial charge is 0.487 e. The van der Waals surface area contributed by atoms with Crippen molar-refractivity contribution in [3.8, 4) is 5.75 Å². The third-order valence-electron chi connectivity index (χ3n) is 4.34. The van der Waals surface area contributed by atoms with Crippen LogP contribution in [0.1, 0.15) is 24.0 Å². The first kappa shape index (κ1) is 16.5. The van der Waals surface area contributed by atoms with E-state index < -0.39 is 0 Å². The van der Waals surface area contributed by atoms with Crippen molar-refractivity contribution in [3.63, 3.8) is 0 Å².